The third-order valence-corrected chi connectivity index (χ3v) is 5.84. The number of carbonyl (C=O) groups is 2. The van der Waals surface area contributed by atoms with Gasteiger partial charge in [0.1, 0.15) is 0 Å². The Balaban J connectivity index is 0.000000644. The average Bonchev–Trinajstić information content (AvgIpc) is 3.71. The summed E-state index contributed by atoms with van der Waals surface area (Å²) in [6.45, 7) is 14.7. The quantitative estimate of drug-likeness (QED) is 0.187. The Labute approximate surface area is 281 Å². The summed E-state index contributed by atoms with van der Waals surface area (Å²) in [6, 6.07) is 8.57. The fraction of sp³-hybridized carbons (Fsp3) is 0.389. The molecule has 0 saturated carbocycles. The van der Waals surface area contributed by atoms with Gasteiger partial charge in [0.05, 0.1) is 0 Å². The van der Waals surface area contributed by atoms with Crippen LogP contribution in [0.3, 0.4) is 0 Å². The van der Waals surface area contributed by atoms with Crippen LogP contribution in [0.5, 0.6) is 0 Å². The molecule has 0 radical (unpaired) electrons. The molecule has 0 N–H and O–H groups in total. The first-order valence-electron chi connectivity index (χ1n) is 14.4. The number of nitrogens with zero attached hydrogens (tertiary/aromatic N) is 2. The molecule has 0 heterocycles. The van der Waals surface area contributed by atoms with Gasteiger partial charge < -0.3 is 9.80 Å². The SMILES string of the molecule is CCN(C(=O)C(C)(C)C)c1ccc(F)[c-]c1F.CCN(C(=O)C(C)(C)C)c1ccc(F)[c-]c1F.[C-]1=CC=CC1.[C-]1=CC=CC1.[Ti+4]. The van der Waals surface area contributed by atoms with E-state index in [1.165, 1.54) is 21.9 Å². The van der Waals surface area contributed by atoms with E-state index in [1.807, 2.05) is 36.4 Å². The van der Waals surface area contributed by atoms with Crippen LogP contribution in [0.1, 0.15) is 68.2 Å². The van der Waals surface area contributed by atoms with Crippen molar-refractivity contribution in [2.45, 2.75) is 68.2 Å². The zero-order chi connectivity index (χ0) is 33.5. The van der Waals surface area contributed by atoms with Crippen LogP contribution in [0.25, 0.3) is 0 Å². The fourth-order valence-corrected chi connectivity index (χ4v) is 3.63. The zero-order valence-electron chi connectivity index (χ0n) is 27.3. The third kappa shape index (κ3) is 14.6. The van der Waals surface area contributed by atoms with E-state index in [2.05, 4.69) is 24.3 Å². The van der Waals surface area contributed by atoms with Crippen LogP contribution in [-0.4, -0.2) is 24.9 Å². The number of halogens is 4. The van der Waals surface area contributed by atoms with Gasteiger partial charge >= 0.3 is 21.7 Å². The van der Waals surface area contributed by atoms with E-state index >= 15 is 0 Å². The summed E-state index contributed by atoms with van der Waals surface area (Å²) in [7, 11) is 0. The van der Waals surface area contributed by atoms with Gasteiger partial charge in [-0.2, -0.15) is 12.2 Å². The summed E-state index contributed by atoms with van der Waals surface area (Å²) >= 11 is 0. The molecule has 0 bridgehead atoms. The van der Waals surface area contributed by atoms with Crippen molar-refractivity contribution in [1.82, 2.24) is 0 Å². The molecule has 0 saturated heterocycles. The maximum atomic E-state index is 13.5. The minimum absolute atomic E-state index is 0. The number of benzene rings is 2. The first-order chi connectivity index (χ1) is 20.5. The molecule has 45 heavy (non-hydrogen) atoms. The van der Waals surface area contributed by atoms with Crippen LogP contribution in [0.4, 0.5) is 28.9 Å². The van der Waals surface area contributed by atoms with E-state index in [4.69, 9.17) is 0 Å². The Morgan fingerprint density at radius 2 is 1.00 bits per heavy atom. The first kappa shape index (κ1) is 41.8. The average molecular weight is 659 g/mol. The molecule has 0 aliphatic heterocycles. The van der Waals surface area contributed by atoms with Gasteiger partial charge in [-0.15, -0.1) is 49.2 Å². The van der Waals surface area contributed by atoms with Gasteiger partial charge in [-0.25, -0.2) is 41.9 Å². The third-order valence-electron chi connectivity index (χ3n) is 5.84. The summed E-state index contributed by atoms with van der Waals surface area (Å²) in [5.74, 6) is -3.65. The predicted molar refractivity (Wildman–Crippen MR) is 168 cm³/mol. The van der Waals surface area contributed by atoms with Gasteiger partial charge in [0.2, 0.25) is 11.8 Å². The zero-order valence-corrected chi connectivity index (χ0v) is 28.9. The topological polar surface area (TPSA) is 40.6 Å². The molecule has 0 spiro atoms. The van der Waals surface area contributed by atoms with Crippen LogP contribution in [0.2, 0.25) is 0 Å². The molecule has 9 heteroatoms. The smallest absolute Gasteiger partial charge is 0.363 e. The van der Waals surface area contributed by atoms with Crippen LogP contribution in [-0.2, 0) is 31.3 Å². The largest absolute Gasteiger partial charge is 4.00 e. The summed E-state index contributed by atoms with van der Waals surface area (Å²) in [5.41, 5.74) is -1.10. The van der Waals surface area contributed by atoms with Gasteiger partial charge in [-0.05, 0) is 25.2 Å². The maximum absolute atomic E-state index is 13.5. The van der Waals surface area contributed by atoms with Gasteiger partial charge in [-0.1, -0.05) is 41.5 Å². The van der Waals surface area contributed by atoms with Gasteiger partial charge in [0.25, 0.3) is 0 Å². The minimum atomic E-state index is -0.843. The van der Waals surface area contributed by atoms with E-state index in [9.17, 15) is 27.2 Å². The van der Waals surface area contributed by atoms with E-state index in [0.29, 0.717) is 13.1 Å². The van der Waals surface area contributed by atoms with Crippen molar-refractivity contribution in [2.75, 3.05) is 22.9 Å². The molecule has 2 aliphatic carbocycles. The van der Waals surface area contributed by atoms with Crippen molar-refractivity contribution < 1.29 is 48.9 Å². The Morgan fingerprint density at radius 1 is 0.667 bits per heavy atom. The number of hydrogen-bond donors (Lipinski definition) is 0. The van der Waals surface area contributed by atoms with E-state index < -0.39 is 34.1 Å². The summed E-state index contributed by atoms with van der Waals surface area (Å²) in [6.07, 6.45) is 20.0. The van der Waals surface area contributed by atoms with Crippen LogP contribution < -0.4 is 9.80 Å². The summed E-state index contributed by atoms with van der Waals surface area (Å²) in [4.78, 5) is 26.8. The Kier molecular flexibility index (Phi) is 18.6. The second kappa shape index (κ2) is 20.0. The second-order valence-electron chi connectivity index (χ2n) is 11.6. The standard InChI is InChI=1S/2C13H16F2NO.2C5H5.Ti/c2*1-5-16(12(17)13(2,3)4)11-7-6-9(14)8-10(11)15;2*1-2-4-5-3-1;/h2*6-7H,5H2,1-4H3;2*1-3H,4H2;/q4*-1;+4. The molecule has 2 aromatic rings. The molecular weight excluding hydrogens is 616 g/mol. The monoisotopic (exact) mass is 658 g/mol. The van der Waals surface area contributed by atoms with Crippen molar-refractivity contribution in [3.05, 3.63) is 108 Å². The molecule has 4 nitrogen and oxygen atoms in total. The number of carbonyl (C=O) groups excluding carboxylic acids is 2. The molecule has 2 aromatic carbocycles. The molecule has 2 aliphatic rings. The molecule has 240 valence electrons. The number of amides is 2. The molecule has 0 unspecified atom stereocenters. The predicted octanol–water partition coefficient (Wildman–Crippen LogP) is 8.94. The maximum Gasteiger partial charge on any atom is 4.00 e. The van der Waals surface area contributed by atoms with Gasteiger partial charge in [0, 0.05) is 47.2 Å². The van der Waals surface area contributed by atoms with E-state index in [1.54, 1.807) is 55.4 Å². The molecule has 2 amide bonds. The molecule has 0 fully saturated rings. The number of hydrogen-bond acceptors (Lipinski definition) is 2. The summed E-state index contributed by atoms with van der Waals surface area (Å²) < 4.78 is 52.6. The first-order valence-corrected chi connectivity index (χ1v) is 14.4. The second-order valence-corrected chi connectivity index (χ2v) is 11.6. The molecule has 0 aromatic heterocycles. The Hall–Kier alpha value is -3.23. The van der Waals surface area contributed by atoms with Crippen LogP contribution >= 0.6 is 0 Å². The summed E-state index contributed by atoms with van der Waals surface area (Å²) in [5, 5.41) is 0. The van der Waals surface area contributed by atoms with Crippen molar-refractivity contribution in [1.29, 1.82) is 0 Å². The minimum Gasteiger partial charge on any atom is -0.363 e. The van der Waals surface area contributed by atoms with Crippen molar-refractivity contribution in [3.8, 4) is 0 Å². The fourth-order valence-electron chi connectivity index (χ4n) is 3.63. The number of rotatable bonds is 4. The Morgan fingerprint density at radius 3 is 1.18 bits per heavy atom. The van der Waals surface area contributed by atoms with Crippen LogP contribution in [0.15, 0.2) is 60.7 Å². The van der Waals surface area contributed by atoms with Gasteiger partial charge in [-0.3, -0.25) is 21.7 Å². The van der Waals surface area contributed by atoms with Crippen molar-refractivity contribution in [3.63, 3.8) is 0 Å². The molecular formula is C36H42F4N2O2Ti. The molecule has 0 atom stereocenters. The molecule has 4 rings (SSSR count). The van der Waals surface area contributed by atoms with Crippen molar-refractivity contribution >= 4 is 23.2 Å². The normalized spacial score (nSPS) is 12.5. The Bertz CT molecular complexity index is 1230. The van der Waals surface area contributed by atoms with E-state index in [0.717, 1.165) is 25.0 Å². The number of anilines is 2. The van der Waals surface area contributed by atoms with Gasteiger partial charge in [0.15, 0.2) is 0 Å². The van der Waals surface area contributed by atoms with Crippen molar-refractivity contribution in [2.24, 2.45) is 10.8 Å². The number of allylic oxidation sites excluding steroid dienone is 8. The van der Waals surface area contributed by atoms with E-state index in [-0.39, 0.29) is 44.9 Å². The van der Waals surface area contributed by atoms with Crippen LogP contribution in [0, 0.1) is 58.4 Å².